The van der Waals surface area contributed by atoms with Crippen LogP contribution in [-0.2, 0) is 22.7 Å². The summed E-state index contributed by atoms with van der Waals surface area (Å²) in [6.45, 7) is 6.21. The molecule has 3 unspecified atom stereocenters. The second-order valence-electron chi connectivity index (χ2n) is 12.4. The highest BCUT2D eigenvalue weighted by atomic mass is 19.1. The summed E-state index contributed by atoms with van der Waals surface area (Å²) >= 11 is 0. The summed E-state index contributed by atoms with van der Waals surface area (Å²) in [4.78, 5) is 25.9. The molecule has 10 nitrogen and oxygen atoms in total. The fraction of sp³-hybridized carbons (Fsp3) is 0.400. The van der Waals surface area contributed by atoms with E-state index in [-0.39, 0.29) is 76.0 Å². The van der Waals surface area contributed by atoms with Gasteiger partial charge in [-0.15, -0.1) is 0 Å². The molecule has 12 heteroatoms. The van der Waals surface area contributed by atoms with Crippen LogP contribution in [-0.4, -0.2) is 50.7 Å². The lowest BCUT2D eigenvalue weighted by molar-refractivity contribution is -0.166. The molecule has 2 aromatic heterocycles. The lowest BCUT2D eigenvalue weighted by atomic mass is 9.52. The third-order valence-corrected chi connectivity index (χ3v) is 9.27. The van der Waals surface area contributed by atoms with Crippen LogP contribution >= 0.6 is 0 Å². The number of ether oxygens (including phenoxy) is 2. The lowest BCUT2D eigenvalue weighted by Gasteiger charge is -2.80. The molecule has 1 aliphatic carbocycles. The fourth-order valence-corrected chi connectivity index (χ4v) is 7.48. The summed E-state index contributed by atoms with van der Waals surface area (Å²) in [6, 6.07) is 4.53. The van der Waals surface area contributed by atoms with Crippen LogP contribution in [0.1, 0.15) is 50.3 Å². The number of piperazine rings is 1. The first-order chi connectivity index (χ1) is 20.1. The van der Waals surface area contributed by atoms with E-state index < -0.39 is 17.2 Å². The van der Waals surface area contributed by atoms with Gasteiger partial charge in [0.05, 0.1) is 41.6 Å². The van der Waals surface area contributed by atoms with Gasteiger partial charge in [-0.2, -0.15) is 5.26 Å². The fourth-order valence-electron chi connectivity index (χ4n) is 7.48. The number of halogens is 2. The second-order valence-corrected chi connectivity index (χ2v) is 12.4. The number of amides is 1. The molecule has 0 bridgehead atoms. The standard InChI is InChI=1S/C30H26F2N6O4/c1-29(2,3)42-28(39)37-9-19-30(37)7-6-18(30)38(19)27-22-15-11-40-10-14(15)21(24(32)25(22)35-12-36-27)23-16(31)4-5-17-20(23)13(8-33)26(34)41-17/h4-5,12,18-19H,6-7,9-11,34H2,1-3H3. The summed E-state index contributed by atoms with van der Waals surface area (Å²) in [5.74, 6) is -1.05. The van der Waals surface area contributed by atoms with Crippen molar-refractivity contribution in [2.24, 2.45) is 0 Å². The van der Waals surface area contributed by atoms with E-state index in [1.807, 2.05) is 31.7 Å². The smallest absolute Gasteiger partial charge is 0.410 e. The Balaban J connectivity index is 1.28. The van der Waals surface area contributed by atoms with E-state index in [9.17, 15) is 10.1 Å². The number of benzene rings is 2. The number of hydrogen-bond acceptors (Lipinski definition) is 9. The minimum atomic E-state index is -0.739. The van der Waals surface area contributed by atoms with Crippen LogP contribution in [0.25, 0.3) is 33.0 Å². The normalized spacial score (nSPS) is 23.9. The van der Waals surface area contributed by atoms with Gasteiger partial charge in [0.25, 0.3) is 0 Å². The summed E-state index contributed by atoms with van der Waals surface area (Å²) < 4.78 is 49.2. The monoisotopic (exact) mass is 572 g/mol. The third kappa shape index (κ3) is 2.96. The molecule has 4 aromatic rings. The molecule has 2 N–H and O–H groups in total. The van der Waals surface area contributed by atoms with Crippen molar-refractivity contribution < 1.29 is 27.5 Å². The van der Waals surface area contributed by atoms with Crippen LogP contribution in [0, 0.1) is 23.0 Å². The van der Waals surface area contributed by atoms with E-state index in [4.69, 9.17) is 19.6 Å². The van der Waals surface area contributed by atoms with Gasteiger partial charge >= 0.3 is 6.09 Å². The second kappa shape index (κ2) is 8.07. The van der Waals surface area contributed by atoms with Crippen LogP contribution in [0.2, 0.25) is 0 Å². The Bertz CT molecular complexity index is 1920. The lowest BCUT2D eigenvalue weighted by Crippen LogP contribution is -2.97. The first kappa shape index (κ1) is 25.2. The van der Waals surface area contributed by atoms with Gasteiger partial charge in [0.1, 0.15) is 46.3 Å². The van der Waals surface area contributed by atoms with Crippen molar-refractivity contribution in [2.75, 3.05) is 17.2 Å². The van der Waals surface area contributed by atoms with E-state index in [0.717, 1.165) is 12.8 Å². The number of likely N-dealkylation sites (tertiary alicyclic amines) is 1. The minimum Gasteiger partial charge on any atom is -0.444 e. The first-order valence-corrected chi connectivity index (χ1v) is 13.8. The zero-order valence-corrected chi connectivity index (χ0v) is 23.1. The predicted molar refractivity (Wildman–Crippen MR) is 147 cm³/mol. The molecule has 3 aliphatic heterocycles. The Kier molecular flexibility index (Phi) is 4.85. The number of nitrogens with zero attached hydrogens (tertiary/aromatic N) is 5. The number of carbonyl (C=O) groups excluding carboxylic acids is 1. The number of fused-ring (bicyclic) bond motifs is 4. The average Bonchev–Trinajstić information content (AvgIpc) is 3.50. The molecule has 2 aromatic carbocycles. The van der Waals surface area contributed by atoms with Gasteiger partial charge in [0.2, 0.25) is 5.88 Å². The Morgan fingerprint density at radius 3 is 2.64 bits per heavy atom. The summed E-state index contributed by atoms with van der Waals surface area (Å²) in [7, 11) is 0. The number of nitrogen functional groups attached to an aromatic ring is 1. The number of nitrogens with two attached hydrogens (primary N) is 1. The molecular formula is C30H26F2N6O4. The number of carbonyl (C=O) groups is 1. The Labute approximate surface area is 238 Å². The van der Waals surface area contributed by atoms with Crippen molar-refractivity contribution in [3.63, 3.8) is 0 Å². The van der Waals surface area contributed by atoms with Gasteiger partial charge in [-0.1, -0.05) is 0 Å². The highest BCUT2D eigenvalue weighted by Gasteiger charge is 2.77. The van der Waals surface area contributed by atoms with E-state index in [0.29, 0.717) is 28.9 Å². The molecular weight excluding hydrogens is 546 g/mol. The van der Waals surface area contributed by atoms with E-state index in [2.05, 4.69) is 14.9 Å². The molecule has 1 amide bonds. The van der Waals surface area contributed by atoms with Crippen molar-refractivity contribution >= 4 is 39.7 Å². The van der Waals surface area contributed by atoms with Crippen LogP contribution in [0.3, 0.4) is 0 Å². The van der Waals surface area contributed by atoms with Crippen LogP contribution in [0.5, 0.6) is 0 Å². The average molecular weight is 573 g/mol. The number of nitriles is 1. The van der Waals surface area contributed by atoms with Gasteiger partial charge in [-0.3, -0.25) is 4.90 Å². The SMILES string of the molecule is CC(C)(C)OC(=O)N1CC2N(c3ncnc4c(F)c(-c5c(F)ccc6oc(N)c(C#N)c56)c5c(c34)COC5)C3CCC321. The molecule has 214 valence electrons. The predicted octanol–water partition coefficient (Wildman–Crippen LogP) is 5.15. The zero-order chi connectivity index (χ0) is 29.3. The van der Waals surface area contributed by atoms with E-state index >= 15 is 8.78 Å². The van der Waals surface area contributed by atoms with Crippen molar-refractivity contribution in [3.05, 3.63) is 46.8 Å². The van der Waals surface area contributed by atoms with Crippen LogP contribution < -0.4 is 10.6 Å². The van der Waals surface area contributed by atoms with Gasteiger partial charge in [-0.25, -0.2) is 23.5 Å². The number of anilines is 2. The molecule has 1 spiro atoms. The molecule has 5 heterocycles. The van der Waals surface area contributed by atoms with E-state index in [1.54, 1.807) is 0 Å². The summed E-state index contributed by atoms with van der Waals surface area (Å²) in [6.07, 6.45) is 2.70. The van der Waals surface area contributed by atoms with Crippen LogP contribution in [0.15, 0.2) is 22.9 Å². The molecule has 3 atom stereocenters. The number of rotatable bonds is 2. The quantitative estimate of drug-likeness (QED) is 0.347. The molecule has 4 aliphatic rings. The molecule has 2 saturated heterocycles. The molecule has 0 radical (unpaired) electrons. The van der Waals surface area contributed by atoms with E-state index in [1.165, 1.54) is 18.5 Å². The number of piperidine rings is 1. The van der Waals surface area contributed by atoms with Crippen molar-refractivity contribution in [1.82, 2.24) is 14.9 Å². The summed E-state index contributed by atoms with van der Waals surface area (Å²) in [5.41, 5.74) is 6.15. The van der Waals surface area contributed by atoms with Crippen LogP contribution in [0.4, 0.5) is 25.3 Å². The number of furan rings is 1. The largest absolute Gasteiger partial charge is 0.444 e. The summed E-state index contributed by atoms with van der Waals surface area (Å²) in [5, 5.41) is 10.4. The number of aromatic nitrogens is 2. The highest BCUT2D eigenvalue weighted by molar-refractivity contribution is 6.06. The van der Waals surface area contributed by atoms with Gasteiger partial charge in [0.15, 0.2) is 5.82 Å². The Morgan fingerprint density at radius 2 is 1.95 bits per heavy atom. The van der Waals surface area contributed by atoms with Gasteiger partial charge in [-0.05, 0) is 56.9 Å². The van der Waals surface area contributed by atoms with Crippen molar-refractivity contribution in [3.8, 4) is 17.2 Å². The molecule has 3 fully saturated rings. The number of hydrogen-bond donors (Lipinski definition) is 1. The zero-order valence-electron chi connectivity index (χ0n) is 23.1. The Hall–Kier alpha value is -4.50. The maximum Gasteiger partial charge on any atom is 0.410 e. The third-order valence-electron chi connectivity index (χ3n) is 9.27. The Morgan fingerprint density at radius 1 is 1.17 bits per heavy atom. The van der Waals surface area contributed by atoms with Crippen molar-refractivity contribution in [2.45, 2.75) is 70.1 Å². The highest BCUT2D eigenvalue weighted by Crippen LogP contribution is 2.62. The molecule has 42 heavy (non-hydrogen) atoms. The minimum absolute atomic E-state index is 0.0147. The topological polar surface area (TPSA) is 131 Å². The van der Waals surface area contributed by atoms with Gasteiger partial charge < -0.3 is 24.5 Å². The molecule has 8 rings (SSSR count). The van der Waals surface area contributed by atoms with Gasteiger partial charge in [0, 0.05) is 17.7 Å². The van der Waals surface area contributed by atoms with Crippen molar-refractivity contribution in [1.29, 1.82) is 5.26 Å². The maximum atomic E-state index is 16.7. The first-order valence-electron chi connectivity index (χ1n) is 13.8. The maximum absolute atomic E-state index is 16.7. The molecule has 1 saturated carbocycles.